The van der Waals surface area contributed by atoms with Crippen LogP contribution in [0, 0.1) is 10.2 Å². The Morgan fingerprint density at radius 1 is 0.513 bits per heavy atom. The van der Waals surface area contributed by atoms with Crippen LogP contribution in [0.5, 0.6) is 0 Å². The van der Waals surface area contributed by atoms with Crippen LogP contribution in [0.3, 0.4) is 0 Å². The van der Waals surface area contributed by atoms with E-state index in [1.165, 1.54) is 20.8 Å². The molecule has 1 rings (SSSR count). The third-order valence-electron chi connectivity index (χ3n) is 4.95. The average Bonchev–Trinajstić information content (AvgIpc) is 2.88. The molecular weight excluding hydrogens is 651 g/mol. The normalized spacial score (nSPS) is 15.7. The molecular formula is C17H15F17N2S3. The van der Waals surface area contributed by atoms with E-state index in [4.69, 9.17) is 12.2 Å². The van der Waals surface area contributed by atoms with Crippen LogP contribution in [0.1, 0.15) is 20.8 Å². The molecule has 0 fully saturated rings. The second-order valence-corrected chi connectivity index (χ2v) is 10.5. The molecule has 230 valence electrons. The van der Waals surface area contributed by atoms with Crippen LogP contribution in [0.4, 0.5) is 74.6 Å². The minimum Gasteiger partial charge on any atom is -0.311 e. The maximum absolute atomic E-state index is 14.4. The van der Waals surface area contributed by atoms with Gasteiger partial charge in [0, 0.05) is 6.54 Å². The Kier molecular flexibility index (Phi) is 9.00. The number of nitrogens with zero attached hydrogens (tertiary/aromatic N) is 2. The molecule has 0 bridgehead atoms. The summed E-state index contributed by atoms with van der Waals surface area (Å²) in [5.74, 6) is -56.9. The third-order valence-corrected chi connectivity index (χ3v) is 6.47. The van der Waals surface area contributed by atoms with E-state index in [0.717, 1.165) is 4.57 Å². The lowest BCUT2D eigenvalue weighted by molar-refractivity contribution is -0.462. The van der Waals surface area contributed by atoms with Gasteiger partial charge in [-0.15, -0.1) is 25.3 Å². The molecule has 22 heteroatoms. The van der Waals surface area contributed by atoms with Gasteiger partial charge >= 0.3 is 47.6 Å². The van der Waals surface area contributed by atoms with Crippen LogP contribution < -0.4 is 0 Å². The fourth-order valence-corrected chi connectivity index (χ4v) is 3.84. The van der Waals surface area contributed by atoms with Gasteiger partial charge in [-0.05, 0) is 17.6 Å². The van der Waals surface area contributed by atoms with Crippen LogP contribution in [0.25, 0.3) is 0 Å². The van der Waals surface area contributed by atoms with E-state index < -0.39 is 74.4 Å². The van der Waals surface area contributed by atoms with Crippen molar-refractivity contribution < 1.29 is 74.6 Å². The molecule has 0 N–H and O–H groups in total. The maximum Gasteiger partial charge on any atom is 0.460 e. The molecule has 0 aliphatic carbocycles. The molecule has 0 amide bonds. The first kappa shape index (κ1) is 36.0. The van der Waals surface area contributed by atoms with Crippen molar-refractivity contribution in [1.29, 1.82) is 0 Å². The second kappa shape index (κ2) is 9.75. The molecule has 0 atom stereocenters. The van der Waals surface area contributed by atoms with Crippen molar-refractivity contribution in [3.05, 3.63) is 4.77 Å². The lowest BCUT2D eigenvalue weighted by Crippen LogP contribution is -2.74. The predicted octanol–water partition coefficient (Wildman–Crippen LogP) is 8.65. The number of halogens is 17. The Morgan fingerprint density at radius 2 is 0.795 bits per heavy atom. The molecule has 1 aromatic rings. The Morgan fingerprint density at radius 3 is 1.10 bits per heavy atom. The molecule has 0 aliphatic rings. The van der Waals surface area contributed by atoms with Gasteiger partial charge in [0.05, 0.1) is 6.54 Å². The Balaban J connectivity index is 3.71. The SMILES string of the molecule is CC(C)(C)Cn1c(S)c(S)n(CC(F)(F)C(F)(F)C(F)(F)C(F)(F)C(F)(F)C(F)(F)C(F)(F)C(F)(F)F)c1=S. The maximum atomic E-state index is 14.4. The Labute approximate surface area is 223 Å². The molecule has 1 aromatic heterocycles. The van der Waals surface area contributed by atoms with Gasteiger partial charge in [-0.3, -0.25) is 0 Å². The smallest absolute Gasteiger partial charge is 0.311 e. The zero-order valence-corrected chi connectivity index (χ0v) is 21.6. The number of thiol groups is 2. The quantitative estimate of drug-likeness (QED) is 0.153. The second-order valence-electron chi connectivity index (χ2n) is 9.31. The van der Waals surface area contributed by atoms with Crippen molar-refractivity contribution in [1.82, 2.24) is 9.13 Å². The number of hydrogen-bond donors (Lipinski definition) is 2. The Hall–Kier alpha value is -1.06. The van der Waals surface area contributed by atoms with Gasteiger partial charge in [0.2, 0.25) is 0 Å². The summed E-state index contributed by atoms with van der Waals surface area (Å²) in [6.45, 7) is 1.49. The largest absolute Gasteiger partial charge is 0.460 e. The number of imidazole rings is 1. The third kappa shape index (κ3) is 5.33. The molecule has 0 aliphatic heterocycles. The highest BCUT2D eigenvalue weighted by molar-refractivity contribution is 7.83. The number of hydrogen-bond acceptors (Lipinski definition) is 3. The summed E-state index contributed by atoms with van der Waals surface area (Å²) in [6.07, 6.45) is -7.80. The topological polar surface area (TPSA) is 9.86 Å². The van der Waals surface area contributed by atoms with Crippen LogP contribution in [0.15, 0.2) is 10.1 Å². The molecule has 2 nitrogen and oxygen atoms in total. The van der Waals surface area contributed by atoms with Gasteiger partial charge in [0.15, 0.2) is 4.77 Å². The van der Waals surface area contributed by atoms with E-state index >= 15 is 0 Å². The summed E-state index contributed by atoms with van der Waals surface area (Å²) in [5.41, 5.74) is -0.751. The molecule has 0 spiro atoms. The van der Waals surface area contributed by atoms with Crippen molar-refractivity contribution in [2.24, 2.45) is 5.41 Å². The number of aromatic nitrogens is 2. The van der Waals surface area contributed by atoms with Gasteiger partial charge in [0.25, 0.3) is 0 Å². The number of rotatable bonds is 9. The van der Waals surface area contributed by atoms with Crippen LogP contribution >= 0.6 is 37.5 Å². The molecule has 0 aromatic carbocycles. The van der Waals surface area contributed by atoms with E-state index in [0.29, 0.717) is 0 Å². The van der Waals surface area contributed by atoms with Gasteiger partial charge in [-0.25, -0.2) is 0 Å². The van der Waals surface area contributed by atoms with E-state index in [9.17, 15) is 74.6 Å². The zero-order chi connectivity index (χ0) is 31.8. The summed E-state index contributed by atoms with van der Waals surface area (Å²) in [7, 11) is 0. The van der Waals surface area contributed by atoms with E-state index in [1.54, 1.807) is 0 Å². The fraction of sp³-hybridized carbons (Fsp3) is 0.824. The summed E-state index contributed by atoms with van der Waals surface area (Å²) in [6, 6.07) is 0. The van der Waals surface area contributed by atoms with Crippen LogP contribution in [-0.2, 0) is 13.1 Å². The highest BCUT2D eigenvalue weighted by Gasteiger charge is 2.95. The summed E-state index contributed by atoms with van der Waals surface area (Å²) >= 11 is 12.1. The summed E-state index contributed by atoms with van der Waals surface area (Å²) < 4.78 is 229. The van der Waals surface area contributed by atoms with E-state index in [2.05, 4.69) is 25.3 Å². The van der Waals surface area contributed by atoms with Crippen molar-refractivity contribution in [2.75, 3.05) is 0 Å². The van der Waals surface area contributed by atoms with E-state index in [1.807, 2.05) is 0 Å². The highest BCUT2D eigenvalue weighted by Crippen LogP contribution is 2.64. The van der Waals surface area contributed by atoms with Crippen LogP contribution in [0.2, 0.25) is 0 Å². The van der Waals surface area contributed by atoms with Crippen molar-refractivity contribution in [3.8, 4) is 0 Å². The van der Waals surface area contributed by atoms with Crippen molar-refractivity contribution >= 4 is 37.5 Å². The van der Waals surface area contributed by atoms with Gasteiger partial charge < -0.3 is 9.13 Å². The number of alkyl halides is 17. The summed E-state index contributed by atoms with van der Waals surface area (Å²) in [5, 5.41) is -1.34. The lowest BCUT2D eigenvalue weighted by atomic mass is 9.89. The predicted molar refractivity (Wildman–Crippen MR) is 108 cm³/mol. The molecule has 0 saturated carbocycles. The molecule has 1 heterocycles. The average molecular weight is 666 g/mol. The molecule has 0 saturated heterocycles. The Bertz CT molecular complexity index is 1130. The van der Waals surface area contributed by atoms with Crippen LogP contribution in [-0.4, -0.2) is 56.8 Å². The van der Waals surface area contributed by atoms with Gasteiger partial charge in [-0.2, -0.15) is 74.6 Å². The lowest BCUT2D eigenvalue weighted by Gasteiger charge is -2.42. The minimum atomic E-state index is -8.68. The van der Waals surface area contributed by atoms with Crippen molar-refractivity contribution in [3.63, 3.8) is 0 Å². The highest BCUT2D eigenvalue weighted by atomic mass is 32.1. The molecule has 39 heavy (non-hydrogen) atoms. The first-order valence-electron chi connectivity index (χ1n) is 9.60. The standard InChI is InChI=1S/C17H15F17N2S3/c1-9(2,3)4-35-6(37)7(38)36(8(35)39)5-10(18,19)11(20,21)12(22,23)13(24,25)14(26,27)15(28,29)16(30,31)17(32,33)34/h37-38H,4-5H2,1-3H3. The summed E-state index contributed by atoms with van der Waals surface area (Å²) in [4.78, 5) is 0. The zero-order valence-electron chi connectivity index (χ0n) is 19.0. The first-order chi connectivity index (χ1) is 16.7. The monoisotopic (exact) mass is 666 g/mol. The van der Waals surface area contributed by atoms with Gasteiger partial charge in [0.1, 0.15) is 10.1 Å². The molecule has 0 radical (unpaired) electrons. The first-order valence-corrected chi connectivity index (χ1v) is 10.9. The van der Waals surface area contributed by atoms with Crippen molar-refractivity contribution in [2.45, 2.75) is 91.5 Å². The van der Waals surface area contributed by atoms with Gasteiger partial charge in [-0.1, -0.05) is 20.8 Å². The molecule has 0 unspecified atom stereocenters. The van der Waals surface area contributed by atoms with E-state index in [-0.39, 0.29) is 11.1 Å². The fourth-order valence-electron chi connectivity index (χ4n) is 2.82. The minimum absolute atomic E-state index is 0.195.